The van der Waals surface area contributed by atoms with Crippen LogP contribution in [-0.4, -0.2) is 29.1 Å². The van der Waals surface area contributed by atoms with Gasteiger partial charge in [-0.15, -0.1) is 0 Å². The van der Waals surface area contributed by atoms with E-state index in [1.54, 1.807) is 24.3 Å². The third-order valence-corrected chi connectivity index (χ3v) is 3.59. The van der Waals surface area contributed by atoms with Crippen LogP contribution in [0.1, 0.15) is 20.3 Å². The zero-order valence-corrected chi connectivity index (χ0v) is 11.6. The predicted molar refractivity (Wildman–Crippen MR) is 73.4 cm³/mol. The molecule has 1 saturated carbocycles. The normalized spacial score (nSPS) is 23.5. The molecular weight excluding hydrogens is 258 g/mol. The van der Waals surface area contributed by atoms with E-state index < -0.39 is 11.5 Å². The molecule has 108 valence electrons. The van der Waals surface area contributed by atoms with Gasteiger partial charge in [0.15, 0.2) is 5.54 Å². The van der Waals surface area contributed by atoms with Gasteiger partial charge < -0.3 is 15.2 Å². The fourth-order valence-electron chi connectivity index (χ4n) is 1.95. The van der Waals surface area contributed by atoms with Crippen molar-refractivity contribution in [3.63, 3.8) is 0 Å². The summed E-state index contributed by atoms with van der Waals surface area (Å²) in [5.74, 6) is -0.461. The average Bonchev–Trinajstić information content (AvgIpc) is 3.15. The van der Waals surface area contributed by atoms with E-state index in [0.717, 1.165) is 6.42 Å². The highest BCUT2D eigenvalue weighted by molar-refractivity contribution is 5.89. The Kier molecular flexibility index (Phi) is 3.97. The Balaban J connectivity index is 1.98. The molecule has 1 aliphatic rings. The second-order valence-electron chi connectivity index (χ2n) is 5.55. The second kappa shape index (κ2) is 5.53. The highest BCUT2D eigenvalue weighted by Gasteiger charge is 2.44. The minimum Gasteiger partial charge on any atom is -0.491 e. The minimum atomic E-state index is -1.42. The van der Waals surface area contributed by atoms with Crippen molar-refractivity contribution in [2.75, 3.05) is 6.61 Å². The molecule has 20 heavy (non-hydrogen) atoms. The fraction of sp³-hybridized carbons (Fsp3) is 0.467. The fourth-order valence-corrected chi connectivity index (χ4v) is 1.95. The molecule has 0 spiro atoms. The number of hydrogen-bond donors (Lipinski definition) is 2. The van der Waals surface area contributed by atoms with Crippen LogP contribution in [0.3, 0.4) is 0 Å². The number of ether oxygens (including phenoxy) is 1. The van der Waals surface area contributed by atoms with E-state index in [1.807, 2.05) is 13.0 Å². The summed E-state index contributed by atoms with van der Waals surface area (Å²) in [5, 5.41) is 11.9. The van der Waals surface area contributed by atoms with Crippen molar-refractivity contribution in [1.82, 2.24) is 5.32 Å². The maximum absolute atomic E-state index is 11.9. The Hall–Kier alpha value is -2.04. The van der Waals surface area contributed by atoms with Crippen molar-refractivity contribution in [1.29, 1.82) is 0 Å². The molecule has 0 saturated heterocycles. The van der Waals surface area contributed by atoms with Crippen LogP contribution in [0.5, 0.6) is 5.75 Å². The lowest BCUT2D eigenvalue weighted by molar-refractivity contribution is -0.148. The van der Waals surface area contributed by atoms with Crippen LogP contribution in [0.15, 0.2) is 30.3 Å². The topological polar surface area (TPSA) is 75.6 Å². The van der Waals surface area contributed by atoms with E-state index in [1.165, 1.54) is 6.92 Å². The van der Waals surface area contributed by atoms with Crippen molar-refractivity contribution >= 4 is 11.9 Å². The molecule has 0 unspecified atom stereocenters. The van der Waals surface area contributed by atoms with Crippen molar-refractivity contribution in [3.8, 4) is 5.75 Å². The Morgan fingerprint density at radius 1 is 1.40 bits per heavy atom. The Bertz CT molecular complexity index is 502. The van der Waals surface area contributed by atoms with E-state index in [-0.39, 0.29) is 18.4 Å². The summed E-state index contributed by atoms with van der Waals surface area (Å²) in [6.45, 7) is 3.32. The Morgan fingerprint density at radius 3 is 2.50 bits per heavy atom. The first-order valence-corrected chi connectivity index (χ1v) is 6.65. The van der Waals surface area contributed by atoms with Crippen molar-refractivity contribution in [2.24, 2.45) is 11.8 Å². The molecule has 0 bridgehead atoms. The molecule has 3 atom stereocenters. The number of carboxylic acids is 1. The number of rotatable bonds is 6. The van der Waals surface area contributed by atoms with Crippen molar-refractivity contribution < 1.29 is 19.4 Å². The van der Waals surface area contributed by atoms with Gasteiger partial charge in [0, 0.05) is 5.92 Å². The number of benzene rings is 1. The van der Waals surface area contributed by atoms with Crippen LogP contribution in [0.25, 0.3) is 0 Å². The molecule has 0 radical (unpaired) electrons. The Labute approximate surface area is 117 Å². The smallest absolute Gasteiger partial charge is 0.332 e. The predicted octanol–water partition coefficient (Wildman–Crippen LogP) is 1.68. The van der Waals surface area contributed by atoms with E-state index in [2.05, 4.69) is 5.32 Å². The van der Waals surface area contributed by atoms with E-state index in [4.69, 9.17) is 4.74 Å². The molecule has 0 heterocycles. The lowest BCUT2D eigenvalue weighted by Crippen LogP contribution is -2.56. The molecule has 5 nitrogen and oxygen atoms in total. The summed E-state index contributed by atoms with van der Waals surface area (Å²) in [6.07, 6.45) is 0.821. The van der Waals surface area contributed by atoms with Gasteiger partial charge in [0.25, 0.3) is 0 Å². The van der Waals surface area contributed by atoms with Crippen molar-refractivity contribution in [2.45, 2.75) is 25.8 Å². The van der Waals surface area contributed by atoms with Gasteiger partial charge in [0.05, 0.1) is 0 Å². The zero-order valence-electron chi connectivity index (χ0n) is 11.6. The molecule has 2 N–H and O–H groups in total. The quantitative estimate of drug-likeness (QED) is 0.829. The molecule has 5 heteroatoms. The minimum absolute atomic E-state index is 0.0644. The lowest BCUT2D eigenvalue weighted by Gasteiger charge is -2.26. The van der Waals surface area contributed by atoms with E-state index >= 15 is 0 Å². The van der Waals surface area contributed by atoms with Gasteiger partial charge in [-0.3, -0.25) is 4.79 Å². The summed E-state index contributed by atoms with van der Waals surface area (Å²) in [5.41, 5.74) is -1.42. The number of carboxylic acid groups (broad SMARTS) is 1. The number of para-hydroxylation sites is 1. The first-order valence-electron chi connectivity index (χ1n) is 6.65. The number of carbonyl (C=O) groups excluding carboxylic acids is 1. The molecule has 0 aromatic heterocycles. The molecule has 1 amide bonds. The van der Waals surface area contributed by atoms with Crippen LogP contribution in [-0.2, 0) is 9.59 Å². The first kappa shape index (κ1) is 14.4. The number of nitrogens with one attached hydrogen (secondary N) is 1. The van der Waals surface area contributed by atoms with Crippen molar-refractivity contribution in [3.05, 3.63) is 30.3 Å². The molecule has 0 aliphatic heterocycles. The SMILES string of the molecule is C[C@@H]1C[C@@H]1C(=O)N[C@@](C)(COc1ccccc1)C(=O)O. The highest BCUT2D eigenvalue weighted by atomic mass is 16.5. The average molecular weight is 277 g/mol. The Morgan fingerprint density at radius 2 is 2.00 bits per heavy atom. The van der Waals surface area contributed by atoms with Crippen LogP contribution >= 0.6 is 0 Å². The van der Waals surface area contributed by atoms with Gasteiger partial charge in [-0.2, -0.15) is 0 Å². The third kappa shape index (κ3) is 3.29. The third-order valence-electron chi connectivity index (χ3n) is 3.59. The van der Waals surface area contributed by atoms with E-state index in [0.29, 0.717) is 11.7 Å². The summed E-state index contributed by atoms with van der Waals surface area (Å²) in [7, 11) is 0. The monoisotopic (exact) mass is 277 g/mol. The number of carbonyl (C=O) groups is 2. The standard InChI is InChI=1S/C15H19NO4/c1-10-8-12(10)13(17)16-15(2,14(18)19)9-20-11-6-4-3-5-7-11/h3-7,10,12H,8-9H2,1-2H3,(H,16,17)(H,18,19)/t10-,12+,15+/m1/s1. The summed E-state index contributed by atoms with van der Waals surface area (Å²) in [4.78, 5) is 23.3. The molecular formula is C15H19NO4. The van der Waals surface area contributed by atoms with Crippen LogP contribution in [0.4, 0.5) is 0 Å². The summed E-state index contributed by atoms with van der Waals surface area (Å²) >= 11 is 0. The molecule has 1 aromatic carbocycles. The van der Waals surface area contributed by atoms with Crippen LogP contribution in [0.2, 0.25) is 0 Å². The molecule has 2 rings (SSSR count). The molecule has 1 fully saturated rings. The van der Waals surface area contributed by atoms with Gasteiger partial charge in [-0.25, -0.2) is 4.79 Å². The van der Waals surface area contributed by atoms with E-state index in [9.17, 15) is 14.7 Å². The van der Waals surface area contributed by atoms with Gasteiger partial charge in [-0.05, 0) is 31.4 Å². The number of hydrogen-bond acceptors (Lipinski definition) is 3. The highest BCUT2D eigenvalue weighted by Crippen LogP contribution is 2.38. The lowest BCUT2D eigenvalue weighted by atomic mass is 10.0. The molecule has 1 aromatic rings. The molecule has 1 aliphatic carbocycles. The summed E-state index contributed by atoms with van der Waals surface area (Å²) in [6, 6.07) is 8.94. The summed E-state index contributed by atoms with van der Waals surface area (Å²) < 4.78 is 5.46. The first-order chi connectivity index (χ1) is 9.42. The maximum atomic E-state index is 11.9. The zero-order chi connectivity index (χ0) is 14.8. The van der Waals surface area contributed by atoms with Gasteiger partial charge in [-0.1, -0.05) is 25.1 Å². The van der Waals surface area contributed by atoms with Gasteiger partial charge in [0.2, 0.25) is 5.91 Å². The van der Waals surface area contributed by atoms with Gasteiger partial charge >= 0.3 is 5.97 Å². The second-order valence-corrected chi connectivity index (χ2v) is 5.55. The van der Waals surface area contributed by atoms with Gasteiger partial charge in [0.1, 0.15) is 12.4 Å². The number of amides is 1. The number of aliphatic carboxylic acids is 1. The largest absolute Gasteiger partial charge is 0.491 e. The maximum Gasteiger partial charge on any atom is 0.332 e. The van der Waals surface area contributed by atoms with Crippen LogP contribution in [0, 0.1) is 11.8 Å². The van der Waals surface area contributed by atoms with Crippen LogP contribution < -0.4 is 10.1 Å².